The Balaban J connectivity index is 1.58. The van der Waals surface area contributed by atoms with Crippen molar-refractivity contribution in [3.8, 4) is 0 Å². The van der Waals surface area contributed by atoms with Gasteiger partial charge < -0.3 is 9.46 Å². The molecule has 6 aromatic carbocycles. The molecule has 0 aliphatic carbocycles. The SMILES string of the molecule is O=P(c1ccccc1)(c1ccccc1)c1ccc2ccc3c(N4CCCC4)ccc4ccc1c2c43. The van der Waals surface area contributed by atoms with Crippen molar-refractivity contribution >= 4 is 61.1 Å². The van der Waals surface area contributed by atoms with E-state index >= 15 is 4.57 Å². The van der Waals surface area contributed by atoms with Crippen molar-refractivity contribution in [3.05, 3.63) is 109 Å². The summed E-state index contributed by atoms with van der Waals surface area (Å²) in [5.74, 6) is 0. The highest BCUT2D eigenvalue weighted by Crippen LogP contribution is 2.47. The molecule has 1 fully saturated rings. The number of rotatable bonds is 4. The van der Waals surface area contributed by atoms with Gasteiger partial charge in [0.05, 0.1) is 0 Å². The second-order valence-electron chi connectivity index (χ2n) is 9.57. The van der Waals surface area contributed by atoms with Crippen LogP contribution in [0.4, 0.5) is 5.69 Å². The molecule has 0 radical (unpaired) electrons. The lowest BCUT2D eigenvalue weighted by atomic mass is 9.93. The van der Waals surface area contributed by atoms with E-state index in [1.54, 1.807) is 0 Å². The first-order valence-corrected chi connectivity index (χ1v) is 14.1. The summed E-state index contributed by atoms with van der Waals surface area (Å²) >= 11 is 0. The van der Waals surface area contributed by atoms with Gasteiger partial charge in [-0.05, 0) is 51.9 Å². The maximum absolute atomic E-state index is 15.2. The van der Waals surface area contributed by atoms with E-state index in [9.17, 15) is 0 Å². The molecule has 0 saturated carbocycles. The van der Waals surface area contributed by atoms with Gasteiger partial charge in [0.15, 0.2) is 7.14 Å². The zero-order valence-electron chi connectivity index (χ0n) is 19.5. The third-order valence-electron chi connectivity index (χ3n) is 7.64. The number of anilines is 1. The highest BCUT2D eigenvalue weighted by Gasteiger charge is 2.32. The summed E-state index contributed by atoms with van der Waals surface area (Å²) < 4.78 is 15.2. The van der Waals surface area contributed by atoms with Gasteiger partial charge in [-0.2, -0.15) is 0 Å². The molecule has 35 heavy (non-hydrogen) atoms. The first-order valence-electron chi connectivity index (χ1n) is 12.4. The molecule has 0 bridgehead atoms. The van der Waals surface area contributed by atoms with Crippen molar-refractivity contribution in [1.29, 1.82) is 0 Å². The second kappa shape index (κ2) is 7.97. The van der Waals surface area contributed by atoms with E-state index in [1.165, 1.54) is 45.5 Å². The molecule has 1 saturated heterocycles. The van der Waals surface area contributed by atoms with E-state index in [-0.39, 0.29) is 0 Å². The summed E-state index contributed by atoms with van der Waals surface area (Å²) in [6.45, 7) is 2.23. The lowest BCUT2D eigenvalue weighted by Crippen LogP contribution is -2.25. The van der Waals surface area contributed by atoms with Crippen molar-refractivity contribution in [2.75, 3.05) is 18.0 Å². The molecule has 0 aromatic heterocycles. The highest BCUT2D eigenvalue weighted by molar-refractivity contribution is 7.85. The van der Waals surface area contributed by atoms with E-state index in [0.717, 1.165) is 34.4 Å². The number of nitrogens with zero attached hydrogens (tertiary/aromatic N) is 1. The zero-order valence-corrected chi connectivity index (χ0v) is 20.4. The normalized spacial score (nSPS) is 14.5. The largest absolute Gasteiger partial charge is 0.371 e. The maximum atomic E-state index is 15.2. The van der Waals surface area contributed by atoms with Crippen LogP contribution in [0.1, 0.15) is 12.8 Å². The first kappa shape index (κ1) is 20.7. The molecule has 0 unspecified atom stereocenters. The summed E-state index contributed by atoms with van der Waals surface area (Å²) in [5, 5.41) is 10.0. The van der Waals surface area contributed by atoms with Gasteiger partial charge in [0.25, 0.3) is 0 Å². The van der Waals surface area contributed by atoms with E-state index in [4.69, 9.17) is 0 Å². The minimum atomic E-state index is -3.08. The van der Waals surface area contributed by atoms with Gasteiger partial charge >= 0.3 is 0 Å². The molecule has 1 aliphatic heterocycles. The Morgan fingerprint density at radius 3 is 1.69 bits per heavy atom. The van der Waals surface area contributed by atoms with Crippen molar-refractivity contribution in [3.63, 3.8) is 0 Å². The van der Waals surface area contributed by atoms with Gasteiger partial charge in [-0.25, -0.2) is 0 Å². The standard InChI is InChI=1S/C32H26NOP/c34-35(25-9-3-1-4-10-25,26-11-5-2-6-12-26)30-20-16-24-13-17-27-29(33-21-7-8-22-33)19-15-23-14-18-28(30)32(24)31(23)27/h1-6,9-20H,7-8,21-22H2. The molecule has 3 heteroatoms. The van der Waals surface area contributed by atoms with E-state index in [1.807, 2.05) is 60.7 Å². The highest BCUT2D eigenvalue weighted by atomic mass is 31.2. The molecular weight excluding hydrogens is 445 g/mol. The first-order chi connectivity index (χ1) is 17.2. The van der Waals surface area contributed by atoms with Crippen molar-refractivity contribution in [2.24, 2.45) is 0 Å². The van der Waals surface area contributed by atoms with Gasteiger partial charge in [-0.1, -0.05) is 97.1 Å². The van der Waals surface area contributed by atoms with Crippen LogP contribution in [0.3, 0.4) is 0 Å². The fourth-order valence-corrected chi connectivity index (χ4v) is 8.83. The van der Waals surface area contributed by atoms with Gasteiger partial charge in [0.2, 0.25) is 0 Å². The molecule has 6 aromatic rings. The number of benzene rings is 6. The quantitative estimate of drug-likeness (QED) is 0.208. The summed E-state index contributed by atoms with van der Waals surface area (Å²) in [7, 11) is -3.08. The summed E-state index contributed by atoms with van der Waals surface area (Å²) in [5.41, 5.74) is 1.32. The summed E-state index contributed by atoms with van der Waals surface area (Å²) in [4.78, 5) is 2.52. The predicted molar refractivity (Wildman–Crippen MR) is 151 cm³/mol. The van der Waals surface area contributed by atoms with Gasteiger partial charge in [-0.15, -0.1) is 0 Å². The third kappa shape index (κ3) is 3.07. The monoisotopic (exact) mass is 471 g/mol. The van der Waals surface area contributed by atoms with Crippen LogP contribution in [0.2, 0.25) is 0 Å². The molecular formula is C32H26NOP. The van der Waals surface area contributed by atoms with Gasteiger partial charge in [-0.3, -0.25) is 0 Å². The Hall–Kier alpha value is -3.61. The Bertz CT molecular complexity index is 1680. The van der Waals surface area contributed by atoms with Crippen LogP contribution in [0.25, 0.3) is 32.3 Å². The lowest BCUT2D eigenvalue weighted by molar-refractivity contribution is 0.592. The Kier molecular flexibility index (Phi) is 4.72. The van der Waals surface area contributed by atoms with Crippen LogP contribution >= 0.6 is 7.14 Å². The maximum Gasteiger partial charge on any atom is 0.171 e. The van der Waals surface area contributed by atoms with Crippen molar-refractivity contribution in [1.82, 2.24) is 0 Å². The Labute approximate surface area is 205 Å². The molecule has 0 atom stereocenters. The van der Waals surface area contributed by atoms with Crippen LogP contribution in [-0.4, -0.2) is 13.1 Å². The van der Waals surface area contributed by atoms with Crippen LogP contribution in [0.15, 0.2) is 109 Å². The molecule has 0 amide bonds. The van der Waals surface area contributed by atoms with Crippen molar-refractivity contribution < 1.29 is 4.57 Å². The smallest absolute Gasteiger partial charge is 0.171 e. The van der Waals surface area contributed by atoms with E-state index < -0.39 is 7.14 Å². The molecule has 7 rings (SSSR count). The van der Waals surface area contributed by atoms with Crippen LogP contribution < -0.4 is 20.8 Å². The average molecular weight is 472 g/mol. The summed E-state index contributed by atoms with van der Waals surface area (Å²) in [6, 6.07) is 37.7. The molecule has 1 heterocycles. The summed E-state index contributed by atoms with van der Waals surface area (Å²) in [6.07, 6.45) is 2.51. The van der Waals surface area contributed by atoms with Crippen LogP contribution in [0.5, 0.6) is 0 Å². The molecule has 0 spiro atoms. The topological polar surface area (TPSA) is 20.3 Å². The Morgan fingerprint density at radius 2 is 1.06 bits per heavy atom. The predicted octanol–water partition coefficient (Wildman–Crippen LogP) is 6.82. The minimum Gasteiger partial charge on any atom is -0.371 e. The molecule has 2 nitrogen and oxygen atoms in total. The van der Waals surface area contributed by atoms with E-state index in [2.05, 4.69) is 53.4 Å². The minimum absolute atomic E-state index is 0.874. The van der Waals surface area contributed by atoms with Gasteiger partial charge in [0.1, 0.15) is 0 Å². The Morgan fingerprint density at radius 1 is 0.543 bits per heavy atom. The fourth-order valence-electron chi connectivity index (χ4n) is 5.98. The number of hydrogen-bond donors (Lipinski definition) is 0. The van der Waals surface area contributed by atoms with Crippen LogP contribution in [0, 0.1) is 0 Å². The van der Waals surface area contributed by atoms with Crippen LogP contribution in [-0.2, 0) is 4.57 Å². The number of hydrogen-bond acceptors (Lipinski definition) is 2. The van der Waals surface area contributed by atoms with E-state index in [0.29, 0.717) is 0 Å². The molecule has 170 valence electrons. The zero-order chi connectivity index (χ0) is 23.4. The third-order valence-corrected chi connectivity index (χ3v) is 10.8. The van der Waals surface area contributed by atoms with Crippen molar-refractivity contribution in [2.45, 2.75) is 12.8 Å². The average Bonchev–Trinajstić information content (AvgIpc) is 3.47. The van der Waals surface area contributed by atoms with Gasteiger partial charge in [0, 0.05) is 40.1 Å². The second-order valence-corrected chi connectivity index (χ2v) is 12.3. The fraction of sp³-hybridized carbons (Fsp3) is 0.125. The molecule has 1 aliphatic rings. The lowest BCUT2D eigenvalue weighted by Gasteiger charge is -2.24. The molecule has 0 N–H and O–H groups in total.